The van der Waals surface area contributed by atoms with Gasteiger partial charge in [-0.15, -0.1) is 5.10 Å². The van der Waals surface area contributed by atoms with Gasteiger partial charge in [-0.25, -0.2) is 4.68 Å². The zero-order valence-corrected chi connectivity index (χ0v) is 22.0. The number of aryl methyl sites for hydroxylation is 2. The van der Waals surface area contributed by atoms with E-state index in [0.29, 0.717) is 28.2 Å². The van der Waals surface area contributed by atoms with Crippen molar-refractivity contribution < 1.29 is 14.3 Å². The Balaban J connectivity index is 1.57. The lowest BCUT2D eigenvalue weighted by Gasteiger charge is -2.33. The van der Waals surface area contributed by atoms with Gasteiger partial charge in [0, 0.05) is 30.5 Å². The Labute approximate surface area is 221 Å². The van der Waals surface area contributed by atoms with Crippen LogP contribution in [0.4, 0.5) is 5.69 Å². The van der Waals surface area contributed by atoms with Crippen molar-refractivity contribution in [1.29, 1.82) is 0 Å². The molecule has 0 aliphatic heterocycles. The molecule has 4 aromatic rings. The maximum atomic E-state index is 14.1. The lowest BCUT2D eigenvalue weighted by Crippen LogP contribution is -2.48. The van der Waals surface area contributed by atoms with Crippen LogP contribution in [0.3, 0.4) is 0 Å². The quantitative estimate of drug-likeness (QED) is 0.383. The van der Waals surface area contributed by atoms with Crippen molar-refractivity contribution in [1.82, 2.24) is 30.1 Å². The van der Waals surface area contributed by atoms with Crippen molar-refractivity contribution >= 4 is 28.5 Å². The first-order valence-corrected chi connectivity index (χ1v) is 13.0. The summed E-state index contributed by atoms with van der Waals surface area (Å²) in [5, 5.41) is 16.1. The molecule has 2 aromatic heterocycles. The largest absolute Gasteiger partial charge is 0.497 e. The number of nitrogens with zero attached hydrogens (tertiary/aromatic N) is 6. The van der Waals surface area contributed by atoms with E-state index in [2.05, 4.69) is 20.7 Å². The minimum atomic E-state index is -0.915. The monoisotopic (exact) mass is 515 g/mol. The number of hydrogen-bond acceptors (Lipinski definition) is 6. The first kappa shape index (κ1) is 25.4. The Bertz CT molecular complexity index is 1420. The van der Waals surface area contributed by atoms with Crippen LogP contribution in [0.15, 0.2) is 54.7 Å². The third-order valence-corrected chi connectivity index (χ3v) is 7.13. The SMILES string of the molecule is COc1ccc(N(C(=O)Cn2nnc3ccccc32)[C@H](C(=O)NC2CCCCC2)c2cn(C)nc2C)cc1. The molecule has 38 heavy (non-hydrogen) atoms. The van der Waals surface area contributed by atoms with E-state index in [9.17, 15) is 9.59 Å². The third-order valence-electron chi connectivity index (χ3n) is 7.13. The van der Waals surface area contributed by atoms with Crippen LogP contribution in [0.1, 0.15) is 49.4 Å². The number of carbonyl (C=O) groups is 2. The highest BCUT2D eigenvalue weighted by atomic mass is 16.5. The van der Waals surface area contributed by atoms with Crippen LogP contribution in [-0.4, -0.2) is 49.7 Å². The van der Waals surface area contributed by atoms with Gasteiger partial charge in [0.2, 0.25) is 11.8 Å². The van der Waals surface area contributed by atoms with Crippen molar-refractivity contribution in [3.63, 3.8) is 0 Å². The molecule has 0 bridgehead atoms. The number of amides is 2. The second kappa shape index (κ2) is 11.0. The Morgan fingerprint density at radius 2 is 1.84 bits per heavy atom. The molecular formula is C28H33N7O3. The molecule has 1 atom stereocenters. The van der Waals surface area contributed by atoms with E-state index in [4.69, 9.17) is 4.74 Å². The molecule has 1 fully saturated rings. The fraction of sp³-hybridized carbons (Fsp3) is 0.393. The summed E-state index contributed by atoms with van der Waals surface area (Å²) in [6, 6.07) is 13.8. The minimum absolute atomic E-state index is 0.0843. The average molecular weight is 516 g/mol. The molecule has 1 aliphatic rings. The molecule has 1 aliphatic carbocycles. The lowest BCUT2D eigenvalue weighted by molar-refractivity contribution is -0.127. The molecule has 2 amide bonds. The molecule has 10 nitrogen and oxygen atoms in total. The summed E-state index contributed by atoms with van der Waals surface area (Å²) in [7, 11) is 3.40. The summed E-state index contributed by atoms with van der Waals surface area (Å²) in [4.78, 5) is 29.7. The van der Waals surface area contributed by atoms with Crippen molar-refractivity contribution in [3.05, 3.63) is 66.0 Å². The number of anilines is 1. The van der Waals surface area contributed by atoms with Crippen LogP contribution in [0.25, 0.3) is 11.0 Å². The predicted octanol–water partition coefficient (Wildman–Crippen LogP) is 3.71. The number of hydrogen-bond donors (Lipinski definition) is 1. The van der Waals surface area contributed by atoms with Crippen molar-refractivity contribution in [2.24, 2.45) is 7.05 Å². The predicted molar refractivity (Wildman–Crippen MR) is 144 cm³/mol. The van der Waals surface area contributed by atoms with Gasteiger partial charge in [-0.1, -0.05) is 36.6 Å². The molecular weight excluding hydrogens is 482 g/mol. The molecule has 0 spiro atoms. The van der Waals surface area contributed by atoms with Gasteiger partial charge in [-0.2, -0.15) is 5.10 Å². The molecule has 10 heteroatoms. The highest BCUT2D eigenvalue weighted by Gasteiger charge is 2.36. The Morgan fingerprint density at radius 1 is 1.11 bits per heavy atom. The number of ether oxygens (including phenoxy) is 1. The maximum absolute atomic E-state index is 14.1. The van der Waals surface area contributed by atoms with Crippen LogP contribution >= 0.6 is 0 Å². The summed E-state index contributed by atoms with van der Waals surface area (Å²) in [5.74, 6) is 0.141. The fourth-order valence-corrected chi connectivity index (χ4v) is 5.23. The van der Waals surface area contributed by atoms with E-state index >= 15 is 0 Å². The Kier molecular flexibility index (Phi) is 7.39. The van der Waals surface area contributed by atoms with Crippen molar-refractivity contribution in [2.45, 2.75) is 57.7 Å². The topological polar surface area (TPSA) is 107 Å². The van der Waals surface area contributed by atoms with Gasteiger partial charge < -0.3 is 10.1 Å². The highest BCUT2D eigenvalue weighted by molar-refractivity contribution is 6.01. The average Bonchev–Trinajstić information content (AvgIpc) is 3.49. The number of methoxy groups -OCH3 is 1. The van der Waals surface area contributed by atoms with Gasteiger partial charge in [-0.05, 0) is 56.2 Å². The van der Waals surface area contributed by atoms with E-state index < -0.39 is 6.04 Å². The number of para-hydroxylation sites is 1. The summed E-state index contributed by atoms with van der Waals surface area (Å²) in [6.07, 6.45) is 7.04. The molecule has 1 N–H and O–H groups in total. The molecule has 2 aromatic carbocycles. The van der Waals surface area contributed by atoms with E-state index in [0.717, 1.165) is 31.2 Å². The van der Waals surface area contributed by atoms with E-state index in [1.54, 1.807) is 45.6 Å². The summed E-state index contributed by atoms with van der Waals surface area (Å²) < 4.78 is 8.58. The molecule has 198 valence electrons. The number of benzene rings is 2. The second-order valence-electron chi connectivity index (χ2n) is 9.79. The lowest BCUT2D eigenvalue weighted by atomic mass is 9.94. The van der Waals surface area contributed by atoms with Crippen LogP contribution in [-0.2, 0) is 23.2 Å². The van der Waals surface area contributed by atoms with Crippen molar-refractivity contribution in [3.8, 4) is 5.75 Å². The molecule has 1 saturated carbocycles. The van der Waals surface area contributed by atoms with Crippen LogP contribution < -0.4 is 15.0 Å². The van der Waals surface area contributed by atoms with Crippen LogP contribution in [0, 0.1) is 6.92 Å². The summed E-state index contributed by atoms with van der Waals surface area (Å²) >= 11 is 0. The van der Waals surface area contributed by atoms with Crippen LogP contribution in [0.2, 0.25) is 0 Å². The molecule has 2 heterocycles. The van der Waals surface area contributed by atoms with Gasteiger partial charge in [0.05, 0.1) is 18.3 Å². The minimum Gasteiger partial charge on any atom is -0.497 e. The van der Waals surface area contributed by atoms with Gasteiger partial charge in [0.1, 0.15) is 23.9 Å². The highest BCUT2D eigenvalue weighted by Crippen LogP contribution is 2.32. The Hall–Kier alpha value is -4.21. The third kappa shape index (κ3) is 5.25. The molecule has 0 unspecified atom stereocenters. The number of rotatable bonds is 8. The van der Waals surface area contributed by atoms with Gasteiger partial charge >= 0.3 is 0 Å². The standard InChI is InChI=1S/C28H33N7O3/c1-19-23(17-33(2)31-19)27(28(37)29-20-9-5-4-6-10-20)35(21-13-15-22(38-3)16-14-21)26(36)18-34-25-12-8-7-11-24(25)30-32-34/h7-8,11-17,20,27H,4-6,9-10,18H2,1-3H3,(H,29,37)/t27-/m0/s1. The van der Waals surface area contributed by atoms with E-state index in [1.165, 1.54) is 6.42 Å². The van der Waals surface area contributed by atoms with Gasteiger partial charge in [-0.3, -0.25) is 19.2 Å². The Morgan fingerprint density at radius 3 is 2.53 bits per heavy atom. The second-order valence-corrected chi connectivity index (χ2v) is 9.79. The van der Waals surface area contributed by atoms with Gasteiger partial charge in [0.25, 0.3) is 0 Å². The molecule has 0 radical (unpaired) electrons. The van der Waals surface area contributed by atoms with E-state index in [-0.39, 0.29) is 24.4 Å². The molecule has 0 saturated heterocycles. The molecule has 5 rings (SSSR count). The van der Waals surface area contributed by atoms with Gasteiger partial charge in [0.15, 0.2) is 0 Å². The smallest absolute Gasteiger partial charge is 0.249 e. The normalized spacial score (nSPS) is 14.8. The first-order valence-electron chi connectivity index (χ1n) is 13.0. The summed E-state index contributed by atoms with van der Waals surface area (Å²) in [5.41, 5.74) is 3.39. The van der Waals surface area contributed by atoms with E-state index in [1.807, 2.05) is 44.4 Å². The maximum Gasteiger partial charge on any atom is 0.249 e. The van der Waals surface area contributed by atoms with Crippen molar-refractivity contribution in [2.75, 3.05) is 12.0 Å². The number of aromatic nitrogens is 5. The van der Waals surface area contributed by atoms with Crippen LogP contribution in [0.5, 0.6) is 5.75 Å². The zero-order chi connectivity index (χ0) is 26.6. The number of fused-ring (bicyclic) bond motifs is 1. The number of nitrogens with one attached hydrogen (secondary N) is 1. The number of carbonyl (C=O) groups excluding carboxylic acids is 2. The summed E-state index contributed by atoms with van der Waals surface area (Å²) in [6.45, 7) is 1.77. The first-order chi connectivity index (χ1) is 18.4. The fourth-order valence-electron chi connectivity index (χ4n) is 5.23. The zero-order valence-electron chi connectivity index (χ0n) is 22.0.